The number of ether oxygens (including phenoxy) is 1. The van der Waals surface area contributed by atoms with Gasteiger partial charge in [-0.05, 0) is 6.42 Å². The molecule has 1 atom stereocenters. The van der Waals surface area contributed by atoms with Crippen LogP contribution >= 0.6 is 0 Å². The highest BCUT2D eigenvalue weighted by Gasteiger charge is 2.29. The predicted octanol–water partition coefficient (Wildman–Crippen LogP) is 1.31. The van der Waals surface area contributed by atoms with Crippen molar-refractivity contribution in [3.63, 3.8) is 0 Å². The summed E-state index contributed by atoms with van der Waals surface area (Å²) in [5.74, 6) is 0.0588. The standard InChI is InChI=1S/C14H20N4O2/c1-3-4-11-10-20-8-7-17(11)14(19)12-9-15-18-6-5-16(2)13(12)18/h5-6,9,11H,3-4,7-8,10H2,1-2H3/t11-/m0/s1. The van der Waals surface area contributed by atoms with Crippen LogP contribution in [0.1, 0.15) is 30.1 Å². The third kappa shape index (κ3) is 2.10. The molecule has 0 aliphatic carbocycles. The second-order valence-electron chi connectivity index (χ2n) is 5.25. The Kier molecular flexibility index (Phi) is 3.48. The number of hydrogen-bond acceptors (Lipinski definition) is 3. The number of rotatable bonds is 3. The zero-order valence-corrected chi connectivity index (χ0v) is 12.0. The largest absolute Gasteiger partial charge is 0.377 e. The molecule has 108 valence electrons. The maximum Gasteiger partial charge on any atom is 0.259 e. The molecule has 0 N–H and O–H groups in total. The van der Waals surface area contributed by atoms with Crippen LogP contribution in [0.5, 0.6) is 0 Å². The summed E-state index contributed by atoms with van der Waals surface area (Å²) in [5, 5.41) is 4.24. The minimum atomic E-state index is 0.0588. The second-order valence-corrected chi connectivity index (χ2v) is 5.25. The van der Waals surface area contributed by atoms with E-state index in [1.54, 1.807) is 10.7 Å². The van der Waals surface area contributed by atoms with Gasteiger partial charge in [-0.3, -0.25) is 4.79 Å². The van der Waals surface area contributed by atoms with Crippen molar-refractivity contribution in [3.05, 3.63) is 24.2 Å². The highest BCUT2D eigenvalue weighted by atomic mass is 16.5. The molecular formula is C14H20N4O2. The van der Waals surface area contributed by atoms with Crippen LogP contribution in [0.3, 0.4) is 0 Å². The van der Waals surface area contributed by atoms with Gasteiger partial charge in [-0.15, -0.1) is 0 Å². The lowest BCUT2D eigenvalue weighted by Crippen LogP contribution is -2.48. The van der Waals surface area contributed by atoms with Gasteiger partial charge in [0, 0.05) is 26.0 Å². The molecular weight excluding hydrogens is 256 g/mol. The van der Waals surface area contributed by atoms with E-state index in [-0.39, 0.29) is 11.9 Å². The summed E-state index contributed by atoms with van der Waals surface area (Å²) in [6.45, 7) is 4.04. The fourth-order valence-electron chi connectivity index (χ4n) is 2.85. The zero-order chi connectivity index (χ0) is 14.1. The molecule has 1 aliphatic heterocycles. The Balaban J connectivity index is 1.92. The molecule has 6 heteroatoms. The van der Waals surface area contributed by atoms with Crippen molar-refractivity contribution in [1.82, 2.24) is 19.1 Å². The first-order valence-corrected chi connectivity index (χ1v) is 7.09. The number of morpholine rings is 1. The van der Waals surface area contributed by atoms with E-state index in [2.05, 4.69) is 12.0 Å². The lowest BCUT2D eigenvalue weighted by atomic mass is 10.1. The third-order valence-corrected chi connectivity index (χ3v) is 3.88. The molecule has 0 bridgehead atoms. The molecule has 0 aromatic carbocycles. The number of amides is 1. The number of carbonyl (C=O) groups excluding carboxylic acids is 1. The molecule has 3 rings (SSSR count). The topological polar surface area (TPSA) is 51.8 Å². The van der Waals surface area contributed by atoms with Crippen molar-refractivity contribution in [2.75, 3.05) is 19.8 Å². The molecule has 6 nitrogen and oxygen atoms in total. The van der Waals surface area contributed by atoms with E-state index in [1.165, 1.54) is 0 Å². The van der Waals surface area contributed by atoms with Crippen LogP contribution < -0.4 is 0 Å². The van der Waals surface area contributed by atoms with Crippen molar-refractivity contribution in [3.8, 4) is 0 Å². The maximum absolute atomic E-state index is 12.8. The van der Waals surface area contributed by atoms with Crippen molar-refractivity contribution >= 4 is 11.6 Å². The van der Waals surface area contributed by atoms with Crippen LogP contribution in [-0.4, -0.2) is 50.8 Å². The van der Waals surface area contributed by atoms with Crippen molar-refractivity contribution < 1.29 is 9.53 Å². The predicted molar refractivity (Wildman–Crippen MR) is 74.7 cm³/mol. The molecule has 0 saturated carbocycles. The summed E-state index contributed by atoms with van der Waals surface area (Å²) in [6.07, 6.45) is 7.45. The fourth-order valence-corrected chi connectivity index (χ4v) is 2.85. The van der Waals surface area contributed by atoms with Gasteiger partial charge in [-0.1, -0.05) is 13.3 Å². The lowest BCUT2D eigenvalue weighted by molar-refractivity contribution is -0.00425. The summed E-state index contributed by atoms with van der Waals surface area (Å²) in [5.41, 5.74) is 1.51. The number of hydrogen-bond donors (Lipinski definition) is 0. The highest BCUT2D eigenvalue weighted by molar-refractivity contribution is 6.00. The van der Waals surface area contributed by atoms with Gasteiger partial charge in [-0.2, -0.15) is 5.10 Å². The maximum atomic E-state index is 12.8. The highest BCUT2D eigenvalue weighted by Crippen LogP contribution is 2.19. The lowest BCUT2D eigenvalue weighted by Gasteiger charge is -2.35. The Morgan fingerprint density at radius 2 is 2.35 bits per heavy atom. The molecule has 1 aliphatic rings. The first-order valence-electron chi connectivity index (χ1n) is 7.09. The van der Waals surface area contributed by atoms with Crippen LogP contribution in [0.4, 0.5) is 0 Å². The van der Waals surface area contributed by atoms with E-state index in [0.29, 0.717) is 25.3 Å². The van der Waals surface area contributed by atoms with Crippen molar-refractivity contribution in [2.45, 2.75) is 25.8 Å². The van der Waals surface area contributed by atoms with E-state index in [1.807, 2.05) is 28.9 Å². The number of imidazole rings is 1. The van der Waals surface area contributed by atoms with E-state index < -0.39 is 0 Å². The van der Waals surface area contributed by atoms with Gasteiger partial charge >= 0.3 is 0 Å². The van der Waals surface area contributed by atoms with Gasteiger partial charge < -0.3 is 14.2 Å². The van der Waals surface area contributed by atoms with Crippen LogP contribution in [0.2, 0.25) is 0 Å². The summed E-state index contributed by atoms with van der Waals surface area (Å²) in [7, 11) is 1.93. The smallest absolute Gasteiger partial charge is 0.259 e. The van der Waals surface area contributed by atoms with Gasteiger partial charge in [0.1, 0.15) is 11.2 Å². The average molecular weight is 276 g/mol. The Morgan fingerprint density at radius 1 is 1.50 bits per heavy atom. The summed E-state index contributed by atoms with van der Waals surface area (Å²) in [6, 6.07) is 0.177. The quantitative estimate of drug-likeness (QED) is 0.849. The number of fused-ring (bicyclic) bond motifs is 1. The fraction of sp³-hybridized carbons (Fsp3) is 0.571. The molecule has 1 saturated heterocycles. The van der Waals surface area contributed by atoms with Crippen LogP contribution in [0, 0.1) is 0 Å². The summed E-state index contributed by atoms with van der Waals surface area (Å²) >= 11 is 0. The Labute approximate surface area is 117 Å². The van der Waals surface area contributed by atoms with Crippen LogP contribution in [0.15, 0.2) is 18.6 Å². The SMILES string of the molecule is CCC[C@H]1COCCN1C(=O)c1cnn2ccn(C)c12. The first-order chi connectivity index (χ1) is 9.72. The van der Waals surface area contributed by atoms with Crippen molar-refractivity contribution in [2.24, 2.45) is 7.05 Å². The molecule has 0 unspecified atom stereocenters. The van der Waals surface area contributed by atoms with Crippen LogP contribution in [0.25, 0.3) is 5.65 Å². The van der Waals surface area contributed by atoms with Crippen molar-refractivity contribution in [1.29, 1.82) is 0 Å². The van der Waals surface area contributed by atoms with Crippen LogP contribution in [-0.2, 0) is 11.8 Å². The molecule has 3 heterocycles. The summed E-state index contributed by atoms with van der Waals surface area (Å²) in [4.78, 5) is 14.8. The normalized spacial score (nSPS) is 19.7. The molecule has 1 fully saturated rings. The molecule has 0 radical (unpaired) electrons. The van der Waals surface area contributed by atoms with E-state index >= 15 is 0 Å². The minimum absolute atomic E-state index is 0.0588. The summed E-state index contributed by atoms with van der Waals surface area (Å²) < 4.78 is 9.17. The Morgan fingerprint density at radius 3 is 3.15 bits per heavy atom. The number of nitrogens with zero attached hydrogens (tertiary/aromatic N) is 4. The number of aromatic nitrogens is 3. The monoisotopic (exact) mass is 276 g/mol. The first kappa shape index (κ1) is 13.2. The minimum Gasteiger partial charge on any atom is -0.377 e. The second kappa shape index (κ2) is 5.28. The van der Waals surface area contributed by atoms with Gasteiger partial charge in [0.25, 0.3) is 5.91 Å². The molecule has 2 aromatic heterocycles. The van der Waals surface area contributed by atoms with Gasteiger partial charge in [0.15, 0.2) is 0 Å². The third-order valence-electron chi connectivity index (χ3n) is 3.88. The van der Waals surface area contributed by atoms with Gasteiger partial charge in [-0.25, -0.2) is 4.52 Å². The number of carbonyl (C=O) groups is 1. The average Bonchev–Trinajstić information content (AvgIpc) is 3.03. The Bertz CT molecular complexity index is 614. The van der Waals surface area contributed by atoms with Gasteiger partial charge in [0.05, 0.1) is 25.5 Å². The molecule has 20 heavy (non-hydrogen) atoms. The van der Waals surface area contributed by atoms with E-state index in [4.69, 9.17) is 4.74 Å². The van der Waals surface area contributed by atoms with E-state index in [9.17, 15) is 4.79 Å². The molecule has 0 spiro atoms. The van der Waals surface area contributed by atoms with Gasteiger partial charge in [0.2, 0.25) is 0 Å². The van der Waals surface area contributed by atoms with E-state index in [0.717, 1.165) is 18.5 Å². The molecule has 1 amide bonds. The number of aryl methyl sites for hydroxylation is 1. The molecule has 2 aromatic rings. The zero-order valence-electron chi connectivity index (χ0n) is 12.0. The Hall–Kier alpha value is -1.82.